The van der Waals surface area contributed by atoms with Crippen LogP contribution in [0.1, 0.15) is 0 Å². The second-order valence-electron chi connectivity index (χ2n) is 2.08. The first-order chi connectivity index (χ1) is 5.63. The molecule has 0 bridgehead atoms. The maximum atomic E-state index is 10.8. The summed E-state index contributed by atoms with van der Waals surface area (Å²) in [5, 5.41) is 0. The van der Waals surface area contributed by atoms with Crippen molar-refractivity contribution in [2.24, 2.45) is 11.5 Å². The van der Waals surface area contributed by atoms with E-state index in [1.807, 2.05) is 0 Å². The van der Waals surface area contributed by atoms with Crippen molar-refractivity contribution in [3.05, 3.63) is 9.81 Å². The molecular weight excluding hydrogens is 196 g/mol. The number of hydrogen-bond donors (Lipinski definition) is 2. The highest BCUT2D eigenvalue weighted by atomic mass is 32.2. The van der Waals surface area contributed by atoms with E-state index in [1.165, 1.54) is 23.5 Å². The fourth-order valence-corrected chi connectivity index (χ4v) is 2.96. The highest BCUT2D eigenvalue weighted by molar-refractivity contribution is 8.11. The van der Waals surface area contributed by atoms with Gasteiger partial charge in [-0.15, -0.1) is 23.5 Å². The Bertz CT molecular complexity index is 236. The van der Waals surface area contributed by atoms with Crippen molar-refractivity contribution in [3.8, 4) is 0 Å². The van der Waals surface area contributed by atoms with Crippen molar-refractivity contribution in [2.45, 2.75) is 0 Å². The van der Waals surface area contributed by atoms with Crippen LogP contribution in [-0.4, -0.2) is 23.3 Å². The smallest absolute Gasteiger partial charge is 0.256 e. The van der Waals surface area contributed by atoms with Gasteiger partial charge in [0.1, 0.15) is 0 Å². The van der Waals surface area contributed by atoms with E-state index in [9.17, 15) is 9.59 Å². The Morgan fingerprint density at radius 3 is 1.58 bits per heavy atom. The van der Waals surface area contributed by atoms with Gasteiger partial charge in [-0.1, -0.05) is 0 Å². The molecule has 1 rings (SSSR count). The van der Waals surface area contributed by atoms with Crippen LogP contribution in [0.5, 0.6) is 0 Å². The number of thioether (sulfide) groups is 2. The zero-order valence-corrected chi connectivity index (χ0v) is 7.83. The minimum absolute atomic E-state index is 0.304. The molecule has 0 aliphatic carbocycles. The van der Waals surface area contributed by atoms with Gasteiger partial charge in [0, 0.05) is 11.5 Å². The lowest BCUT2D eigenvalue weighted by Gasteiger charge is -2.13. The Morgan fingerprint density at radius 1 is 1.00 bits per heavy atom. The van der Waals surface area contributed by atoms with Crippen LogP contribution >= 0.6 is 23.5 Å². The molecule has 0 radical (unpaired) electrons. The number of hydrogen-bond acceptors (Lipinski definition) is 4. The third-order valence-corrected chi connectivity index (χ3v) is 3.82. The maximum absolute atomic E-state index is 10.8. The molecule has 1 aliphatic rings. The van der Waals surface area contributed by atoms with Crippen molar-refractivity contribution < 1.29 is 9.59 Å². The monoisotopic (exact) mass is 204 g/mol. The average Bonchev–Trinajstić information content (AvgIpc) is 2.04. The molecule has 1 aliphatic heterocycles. The molecule has 12 heavy (non-hydrogen) atoms. The number of amides is 2. The maximum Gasteiger partial charge on any atom is 0.256 e. The quantitative estimate of drug-likeness (QED) is 0.643. The lowest BCUT2D eigenvalue weighted by atomic mass is 10.4. The molecule has 2 amide bonds. The van der Waals surface area contributed by atoms with Gasteiger partial charge >= 0.3 is 0 Å². The van der Waals surface area contributed by atoms with Crippen LogP contribution in [-0.2, 0) is 9.59 Å². The van der Waals surface area contributed by atoms with Gasteiger partial charge in [-0.2, -0.15) is 0 Å². The molecule has 6 heteroatoms. The molecule has 0 aromatic rings. The largest absolute Gasteiger partial charge is 0.365 e. The topological polar surface area (TPSA) is 86.2 Å². The second kappa shape index (κ2) is 3.86. The fraction of sp³-hybridized carbons (Fsp3) is 0.333. The van der Waals surface area contributed by atoms with Crippen molar-refractivity contribution in [1.82, 2.24) is 0 Å². The van der Waals surface area contributed by atoms with E-state index in [1.54, 1.807) is 0 Å². The summed E-state index contributed by atoms with van der Waals surface area (Å²) in [6.45, 7) is 0. The third kappa shape index (κ3) is 1.95. The standard InChI is InChI=1S/C6H8N2O2S2/c7-5(9)3-4(6(8)10)12-2-1-11-3/h1-2H2,(H2,7,9)(H2,8,10). The first-order valence-electron chi connectivity index (χ1n) is 3.22. The van der Waals surface area contributed by atoms with E-state index in [0.29, 0.717) is 9.81 Å². The minimum atomic E-state index is -0.569. The average molecular weight is 204 g/mol. The highest BCUT2D eigenvalue weighted by Gasteiger charge is 2.21. The second-order valence-corrected chi connectivity index (χ2v) is 4.29. The number of rotatable bonds is 2. The molecule has 0 spiro atoms. The minimum Gasteiger partial charge on any atom is -0.365 e. The predicted octanol–water partition coefficient (Wildman–Crippen LogP) is -0.351. The number of carbonyl (C=O) groups is 2. The van der Waals surface area contributed by atoms with E-state index in [4.69, 9.17) is 11.5 Å². The Balaban J connectivity index is 2.99. The molecule has 0 aromatic heterocycles. The summed E-state index contributed by atoms with van der Waals surface area (Å²) < 4.78 is 0. The van der Waals surface area contributed by atoms with Gasteiger partial charge in [0.05, 0.1) is 9.81 Å². The number of carbonyl (C=O) groups excluding carboxylic acids is 2. The van der Waals surface area contributed by atoms with Crippen LogP contribution in [0.15, 0.2) is 9.81 Å². The van der Waals surface area contributed by atoms with Gasteiger partial charge < -0.3 is 11.5 Å². The van der Waals surface area contributed by atoms with Gasteiger partial charge in [0.2, 0.25) is 0 Å². The van der Waals surface area contributed by atoms with Crippen LogP contribution in [0.3, 0.4) is 0 Å². The summed E-state index contributed by atoms with van der Waals surface area (Å²) in [5.74, 6) is 0.446. The van der Waals surface area contributed by atoms with E-state index < -0.39 is 11.8 Å². The summed E-state index contributed by atoms with van der Waals surface area (Å²) in [5.41, 5.74) is 10.1. The number of primary amides is 2. The predicted molar refractivity (Wildman–Crippen MR) is 50.3 cm³/mol. The Labute approximate surface area is 78.1 Å². The molecule has 0 unspecified atom stereocenters. The summed E-state index contributed by atoms with van der Waals surface area (Å²) >= 11 is 2.58. The Hall–Kier alpha value is -0.620. The summed E-state index contributed by atoms with van der Waals surface area (Å²) in [4.78, 5) is 22.2. The van der Waals surface area contributed by atoms with Crippen LogP contribution in [0.2, 0.25) is 0 Å². The van der Waals surface area contributed by atoms with Crippen molar-refractivity contribution in [1.29, 1.82) is 0 Å². The Kier molecular flexibility index (Phi) is 3.05. The molecular formula is C6H8N2O2S2. The van der Waals surface area contributed by atoms with E-state index in [-0.39, 0.29) is 0 Å². The zero-order valence-electron chi connectivity index (χ0n) is 6.20. The Morgan fingerprint density at radius 2 is 1.33 bits per heavy atom. The molecule has 0 saturated carbocycles. The van der Waals surface area contributed by atoms with Crippen LogP contribution in [0.25, 0.3) is 0 Å². The van der Waals surface area contributed by atoms with Crippen LogP contribution in [0, 0.1) is 0 Å². The van der Waals surface area contributed by atoms with Gasteiger partial charge in [-0.3, -0.25) is 9.59 Å². The van der Waals surface area contributed by atoms with Crippen molar-refractivity contribution in [2.75, 3.05) is 11.5 Å². The van der Waals surface area contributed by atoms with E-state index in [0.717, 1.165) is 11.5 Å². The molecule has 1 heterocycles. The van der Waals surface area contributed by atoms with Crippen molar-refractivity contribution >= 4 is 35.3 Å². The summed E-state index contributed by atoms with van der Waals surface area (Å²) in [6.07, 6.45) is 0. The van der Waals surface area contributed by atoms with Gasteiger partial charge in [0.15, 0.2) is 0 Å². The first kappa shape index (κ1) is 9.47. The lowest BCUT2D eigenvalue weighted by Crippen LogP contribution is -2.22. The molecule has 0 aromatic carbocycles. The molecule has 0 saturated heterocycles. The van der Waals surface area contributed by atoms with E-state index in [2.05, 4.69) is 0 Å². The fourth-order valence-electron chi connectivity index (χ4n) is 0.785. The number of nitrogens with two attached hydrogens (primary N) is 2. The first-order valence-corrected chi connectivity index (χ1v) is 5.19. The van der Waals surface area contributed by atoms with Gasteiger partial charge in [-0.05, 0) is 0 Å². The van der Waals surface area contributed by atoms with Gasteiger partial charge in [-0.25, -0.2) is 0 Å². The molecule has 0 fully saturated rings. The lowest BCUT2D eigenvalue weighted by molar-refractivity contribution is -0.116. The molecule has 4 N–H and O–H groups in total. The highest BCUT2D eigenvalue weighted by Crippen LogP contribution is 2.33. The SMILES string of the molecule is NC(=O)C1=C(C(N)=O)SCCS1. The van der Waals surface area contributed by atoms with Crippen molar-refractivity contribution in [3.63, 3.8) is 0 Å². The molecule has 66 valence electrons. The van der Waals surface area contributed by atoms with Gasteiger partial charge in [0.25, 0.3) is 11.8 Å². The normalized spacial score (nSPS) is 17.7. The van der Waals surface area contributed by atoms with Crippen LogP contribution in [0.4, 0.5) is 0 Å². The zero-order chi connectivity index (χ0) is 9.14. The summed E-state index contributed by atoms with van der Waals surface area (Å²) in [7, 11) is 0. The van der Waals surface area contributed by atoms with Crippen LogP contribution < -0.4 is 11.5 Å². The van der Waals surface area contributed by atoms with E-state index >= 15 is 0 Å². The third-order valence-electron chi connectivity index (χ3n) is 1.23. The summed E-state index contributed by atoms with van der Waals surface area (Å²) in [6, 6.07) is 0. The molecule has 4 nitrogen and oxygen atoms in total. The molecule has 0 atom stereocenters.